The first-order valence-electron chi connectivity index (χ1n) is 12.1. The number of pyridine rings is 1. The number of rotatable bonds is 9. The van der Waals surface area contributed by atoms with Crippen LogP contribution in [-0.4, -0.2) is 28.0 Å². The lowest BCUT2D eigenvalue weighted by Gasteiger charge is -2.17. The molecule has 37 heavy (non-hydrogen) atoms. The number of aryl methyl sites for hydroxylation is 4. The highest BCUT2D eigenvalue weighted by Gasteiger charge is 2.23. The Morgan fingerprint density at radius 2 is 1.65 bits per heavy atom. The number of aliphatic carboxylic acids is 1. The molecule has 2 aromatic heterocycles. The molecule has 0 aliphatic heterocycles. The second-order valence-electron chi connectivity index (χ2n) is 9.38. The summed E-state index contributed by atoms with van der Waals surface area (Å²) in [6.07, 6.45) is 3.63. The molecule has 2 aromatic carbocycles. The van der Waals surface area contributed by atoms with E-state index in [1.54, 1.807) is 12.5 Å². The van der Waals surface area contributed by atoms with Crippen molar-refractivity contribution < 1.29 is 19.1 Å². The van der Waals surface area contributed by atoms with Crippen LogP contribution in [0.5, 0.6) is 0 Å². The van der Waals surface area contributed by atoms with Gasteiger partial charge in [-0.3, -0.25) is 4.79 Å². The zero-order chi connectivity index (χ0) is 26.5. The van der Waals surface area contributed by atoms with E-state index in [1.807, 2.05) is 82.3 Å². The van der Waals surface area contributed by atoms with Crippen LogP contribution in [-0.2, 0) is 17.8 Å². The molecule has 0 aliphatic rings. The molecule has 7 heteroatoms. The minimum Gasteiger partial charge on any atom is -0.480 e. The lowest BCUT2D eigenvalue weighted by Crippen LogP contribution is -2.42. The van der Waals surface area contributed by atoms with Gasteiger partial charge in [-0.25, -0.2) is 9.78 Å². The van der Waals surface area contributed by atoms with Gasteiger partial charge in [0.15, 0.2) is 0 Å². The van der Waals surface area contributed by atoms with Gasteiger partial charge in [-0.15, -0.1) is 0 Å². The Morgan fingerprint density at radius 1 is 0.946 bits per heavy atom. The van der Waals surface area contributed by atoms with E-state index in [-0.39, 0.29) is 12.3 Å². The van der Waals surface area contributed by atoms with Gasteiger partial charge in [0.1, 0.15) is 17.6 Å². The smallest absolute Gasteiger partial charge is 0.326 e. The summed E-state index contributed by atoms with van der Waals surface area (Å²) in [7, 11) is 0. The van der Waals surface area contributed by atoms with Crippen molar-refractivity contribution in [1.29, 1.82) is 0 Å². The molecule has 0 spiro atoms. The Balaban J connectivity index is 1.41. The van der Waals surface area contributed by atoms with Crippen LogP contribution in [0.15, 0.2) is 71.5 Å². The number of carbonyl (C=O) groups is 2. The van der Waals surface area contributed by atoms with Gasteiger partial charge in [0.2, 0.25) is 0 Å². The Labute approximate surface area is 216 Å². The number of carboxylic acids is 1. The molecule has 1 atom stereocenters. The van der Waals surface area contributed by atoms with Crippen LogP contribution in [0.1, 0.15) is 43.7 Å². The number of aromatic nitrogens is 1. The normalized spacial score (nSPS) is 11.7. The summed E-state index contributed by atoms with van der Waals surface area (Å²) in [5.74, 6) is 0.0969. The van der Waals surface area contributed by atoms with Gasteiger partial charge in [0.25, 0.3) is 5.91 Å². The monoisotopic (exact) mass is 497 g/mol. The van der Waals surface area contributed by atoms with Gasteiger partial charge in [-0.2, -0.15) is 0 Å². The van der Waals surface area contributed by atoms with E-state index in [9.17, 15) is 14.7 Å². The molecule has 7 nitrogen and oxygen atoms in total. The molecule has 0 saturated carbocycles. The molecule has 0 unspecified atom stereocenters. The number of furan rings is 1. The van der Waals surface area contributed by atoms with Crippen molar-refractivity contribution in [2.24, 2.45) is 0 Å². The van der Waals surface area contributed by atoms with Crippen molar-refractivity contribution in [2.75, 3.05) is 5.32 Å². The predicted molar refractivity (Wildman–Crippen MR) is 144 cm³/mol. The van der Waals surface area contributed by atoms with Crippen LogP contribution in [0.4, 0.5) is 5.82 Å². The zero-order valence-corrected chi connectivity index (χ0v) is 21.5. The minimum atomic E-state index is -1.08. The molecular weight excluding hydrogens is 466 g/mol. The van der Waals surface area contributed by atoms with Crippen molar-refractivity contribution >= 4 is 17.7 Å². The average molecular weight is 498 g/mol. The van der Waals surface area contributed by atoms with Crippen molar-refractivity contribution in [1.82, 2.24) is 10.3 Å². The standard InChI is InChI=1S/C30H31N3O4/c1-18-12-20(3)27(21(4)13-18)29(34)33-25(30(35)36)14-22-7-9-24(10-8-22)26-15-23(17-37-26)16-32-28-19(2)6-5-11-31-28/h5-13,15,17,25H,14,16H2,1-4H3,(H,31,32)(H,33,34)(H,35,36)/t25-/m0/s1. The maximum absolute atomic E-state index is 12.9. The maximum Gasteiger partial charge on any atom is 0.326 e. The summed E-state index contributed by atoms with van der Waals surface area (Å²) in [6, 6.07) is 16.2. The summed E-state index contributed by atoms with van der Waals surface area (Å²) >= 11 is 0. The minimum absolute atomic E-state index is 0.169. The zero-order valence-electron chi connectivity index (χ0n) is 21.5. The summed E-state index contributed by atoms with van der Waals surface area (Å²) in [4.78, 5) is 29.2. The van der Waals surface area contributed by atoms with Gasteiger partial charge >= 0.3 is 5.97 Å². The van der Waals surface area contributed by atoms with Crippen molar-refractivity contribution in [3.05, 3.63) is 106 Å². The number of carboxylic acid groups (broad SMARTS) is 1. The number of nitrogens with one attached hydrogen (secondary N) is 2. The summed E-state index contributed by atoms with van der Waals surface area (Å²) in [5, 5.41) is 15.8. The number of hydrogen-bond donors (Lipinski definition) is 3. The fraction of sp³-hybridized carbons (Fsp3) is 0.233. The molecule has 0 bridgehead atoms. The van der Waals surface area contributed by atoms with Crippen molar-refractivity contribution in [2.45, 2.75) is 46.7 Å². The number of nitrogens with zero attached hydrogens (tertiary/aromatic N) is 1. The molecular formula is C30H31N3O4. The number of benzene rings is 2. The van der Waals surface area contributed by atoms with E-state index in [0.717, 1.165) is 50.5 Å². The highest BCUT2D eigenvalue weighted by Crippen LogP contribution is 2.24. The molecule has 4 aromatic rings. The van der Waals surface area contributed by atoms with Crippen molar-refractivity contribution in [3.8, 4) is 11.3 Å². The Morgan fingerprint density at radius 3 is 2.30 bits per heavy atom. The summed E-state index contributed by atoms with van der Waals surface area (Å²) < 4.78 is 5.75. The number of hydrogen-bond acceptors (Lipinski definition) is 5. The molecule has 3 N–H and O–H groups in total. The van der Waals surface area contributed by atoms with Crippen LogP contribution >= 0.6 is 0 Å². The van der Waals surface area contributed by atoms with Gasteiger partial charge in [0.05, 0.1) is 6.26 Å². The van der Waals surface area contributed by atoms with Gasteiger partial charge in [-0.1, -0.05) is 48.0 Å². The van der Waals surface area contributed by atoms with Gasteiger partial charge in [0, 0.05) is 35.9 Å². The molecule has 1 amide bonds. The highest BCUT2D eigenvalue weighted by atomic mass is 16.4. The van der Waals surface area contributed by atoms with E-state index in [0.29, 0.717) is 12.1 Å². The summed E-state index contributed by atoms with van der Waals surface area (Å²) in [6.45, 7) is 8.27. The first-order chi connectivity index (χ1) is 17.7. The topological polar surface area (TPSA) is 104 Å². The molecule has 0 fully saturated rings. The van der Waals surface area contributed by atoms with Crippen LogP contribution in [0.3, 0.4) is 0 Å². The Kier molecular flexibility index (Phi) is 7.72. The SMILES string of the molecule is Cc1cc(C)c(C(=O)N[C@@H](Cc2ccc(-c3cc(CNc4ncccc4C)co3)cc2)C(=O)O)c(C)c1. The average Bonchev–Trinajstić information content (AvgIpc) is 3.32. The van der Waals surface area contributed by atoms with Crippen LogP contribution < -0.4 is 10.6 Å². The molecule has 190 valence electrons. The van der Waals surface area contributed by atoms with Crippen molar-refractivity contribution in [3.63, 3.8) is 0 Å². The highest BCUT2D eigenvalue weighted by molar-refractivity contribution is 5.99. The fourth-order valence-corrected chi connectivity index (χ4v) is 4.49. The van der Waals surface area contributed by atoms with Crippen LogP contribution in [0, 0.1) is 27.7 Å². The molecule has 0 saturated heterocycles. The predicted octanol–water partition coefficient (Wildman–Crippen LogP) is 5.61. The van der Waals surface area contributed by atoms with Crippen LogP contribution in [0.25, 0.3) is 11.3 Å². The third-order valence-corrected chi connectivity index (χ3v) is 6.31. The molecule has 4 rings (SSSR count). The second kappa shape index (κ2) is 11.1. The Hall–Kier alpha value is -4.39. The lowest BCUT2D eigenvalue weighted by atomic mass is 9.98. The van der Waals surface area contributed by atoms with Gasteiger partial charge < -0.3 is 20.2 Å². The second-order valence-corrected chi connectivity index (χ2v) is 9.38. The fourth-order valence-electron chi connectivity index (χ4n) is 4.49. The van der Waals surface area contributed by atoms with E-state index in [4.69, 9.17) is 4.42 Å². The van der Waals surface area contributed by atoms with E-state index in [1.165, 1.54) is 0 Å². The third kappa shape index (κ3) is 6.25. The Bertz CT molecular complexity index is 1400. The van der Waals surface area contributed by atoms with Crippen LogP contribution in [0.2, 0.25) is 0 Å². The van der Waals surface area contributed by atoms with E-state index >= 15 is 0 Å². The largest absolute Gasteiger partial charge is 0.480 e. The first-order valence-corrected chi connectivity index (χ1v) is 12.1. The maximum atomic E-state index is 12.9. The van der Waals surface area contributed by atoms with E-state index < -0.39 is 12.0 Å². The molecule has 0 aliphatic carbocycles. The third-order valence-electron chi connectivity index (χ3n) is 6.31. The van der Waals surface area contributed by atoms with Gasteiger partial charge in [-0.05, 0) is 62.1 Å². The van der Waals surface area contributed by atoms with E-state index in [2.05, 4.69) is 15.6 Å². The number of amides is 1. The summed E-state index contributed by atoms with van der Waals surface area (Å²) in [5.41, 5.74) is 6.97. The molecule has 2 heterocycles. The number of carbonyl (C=O) groups excluding carboxylic acids is 1. The molecule has 0 radical (unpaired) electrons. The quantitative estimate of drug-likeness (QED) is 0.278. The first kappa shape index (κ1) is 25.7. The lowest BCUT2D eigenvalue weighted by molar-refractivity contribution is -0.139. The number of anilines is 1.